The molecule has 0 saturated heterocycles. The van der Waals surface area contributed by atoms with Crippen LogP contribution < -0.4 is 0 Å². The minimum Gasteiger partial charge on any atom is -0.457 e. The van der Waals surface area contributed by atoms with Crippen molar-refractivity contribution in [2.24, 2.45) is 0 Å². The zero-order valence-electron chi connectivity index (χ0n) is 25.1. The van der Waals surface area contributed by atoms with Crippen LogP contribution in [0, 0.1) is 82.2 Å². The summed E-state index contributed by atoms with van der Waals surface area (Å²) in [6.45, 7) is 4.67. The zero-order valence-corrected chi connectivity index (χ0v) is 25.9. The number of aliphatic hydroxyl groups excluding tert-OH is 2. The van der Waals surface area contributed by atoms with Crippen LogP contribution in [-0.4, -0.2) is 47.4 Å². The Balaban J connectivity index is -0.0000000459. The summed E-state index contributed by atoms with van der Waals surface area (Å²) in [6, 6.07) is 0. The Labute approximate surface area is 274 Å². The maximum Gasteiger partial charge on any atom is 0.306 e. The van der Waals surface area contributed by atoms with Crippen LogP contribution in [0.4, 0.5) is 0 Å². The molecule has 2 N–H and O–H groups in total. The molecule has 0 rings (SSSR count). The lowest BCUT2D eigenvalue weighted by Crippen LogP contribution is -2.27. The van der Waals surface area contributed by atoms with Gasteiger partial charge in [-0.1, -0.05) is 77.1 Å². The largest absolute Gasteiger partial charge is 0.457 e. The molecule has 0 bridgehead atoms. The Hall–Kier alpha value is -3.71. The van der Waals surface area contributed by atoms with Crippen molar-refractivity contribution in [3.05, 3.63) is 0 Å². The average molecular weight is 613 g/mol. The van der Waals surface area contributed by atoms with E-state index in [4.69, 9.17) is 19.7 Å². The zero-order chi connectivity index (χ0) is 31.4. The summed E-state index contributed by atoms with van der Waals surface area (Å²) in [5, 5.41) is 20.0. The summed E-state index contributed by atoms with van der Waals surface area (Å²) in [7, 11) is 0. The second-order valence-electron chi connectivity index (χ2n) is 8.53. The molecule has 0 aromatic rings. The van der Waals surface area contributed by atoms with Crippen LogP contribution in [-0.2, 0) is 19.1 Å². The fraction of sp³-hybridized carbons (Fsp3) is 0.543. The van der Waals surface area contributed by atoms with E-state index in [0.29, 0.717) is 6.42 Å². The number of esters is 1. The topological polar surface area (TPSA) is 93.1 Å². The number of aliphatic hydroxyl groups is 2. The number of ether oxygens (including phenoxy) is 2. The minimum atomic E-state index is -0.678. The summed E-state index contributed by atoms with van der Waals surface area (Å²) >= 11 is 0.895. The van der Waals surface area contributed by atoms with Crippen LogP contribution in [0.2, 0.25) is 0 Å². The molecule has 0 aliphatic carbocycles. The van der Waals surface area contributed by atoms with Crippen molar-refractivity contribution in [3.8, 4) is 82.2 Å². The number of carbonyl (C=O) groups excluding carboxylic acids is 2. The van der Waals surface area contributed by atoms with Gasteiger partial charge in [-0.15, -0.1) is 0 Å². The fourth-order valence-electron chi connectivity index (χ4n) is 2.98. The molecular weight excluding hydrogens is 548 g/mol. The number of unbranched alkanes of at least 4 members (excludes halogenated alkanes) is 10. The van der Waals surface area contributed by atoms with E-state index in [1.165, 1.54) is 64.7 Å². The molecule has 0 amide bonds. The number of thioether (sulfide) groups is 1. The first-order valence-electron chi connectivity index (χ1n) is 14.1. The lowest BCUT2D eigenvalue weighted by Gasteiger charge is -2.14. The monoisotopic (exact) mass is 612 g/mol. The Morgan fingerprint density at radius 2 is 1.17 bits per heavy atom. The SMILES string of the molecule is CC#CC#CC#CC#CC#CC#CC#CSC(C)=O.CCCCCCCCCCCCCC(=O)O[C@H](CO)COCO.[HH].[HH].[HH].[HH].[HH].[HH].[HH].[HH].[HH].[HH].[HH]. The fourth-order valence-corrected chi connectivity index (χ4v) is 3.23. The van der Waals surface area contributed by atoms with Crippen LogP contribution in [0.1, 0.15) is 114 Å². The van der Waals surface area contributed by atoms with E-state index in [1.54, 1.807) is 6.92 Å². The van der Waals surface area contributed by atoms with Crippen molar-refractivity contribution in [1.82, 2.24) is 0 Å². The number of hydrogen-bond donors (Lipinski definition) is 2. The van der Waals surface area contributed by atoms with Crippen molar-refractivity contribution in [2.45, 2.75) is 104 Å². The standard InChI is InChI=1S/C18H36O5.C17H6OS.11H2/c1-2-3-4-5-6-7-8-9-10-11-12-13-18(21)23-17(14-19)15-22-16-20;1-3-4-5-6-7-8-9-10-11-12-13-14-15-16-19-17(2)18;;;;;;;;;;;/h17,19-20H,2-16H2,1H3;1-2H3;11*1H/t17-;;;;;;;;;;;;/m1............/s1. The number of rotatable bonds is 17. The Bertz CT molecular complexity index is 1230. The van der Waals surface area contributed by atoms with Crippen molar-refractivity contribution in [2.75, 3.05) is 20.0 Å². The van der Waals surface area contributed by atoms with Gasteiger partial charge in [0.2, 0.25) is 0 Å². The number of hydrogen-bond acceptors (Lipinski definition) is 7. The number of carbonyl (C=O) groups is 2. The molecule has 1 atom stereocenters. The van der Waals surface area contributed by atoms with Gasteiger partial charge in [0.15, 0.2) is 5.12 Å². The first-order chi connectivity index (χ1) is 20.5. The highest BCUT2D eigenvalue weighted by molar-refractivity contribution is 8.17. The van der Waals surface area contributed by atoms with Gasteiger partial charge in [-0.05, 0) is 89.6 Å². The lowest BCUT2D eigenvalue weighted by molar-refractivity contribution is -0.157. The normalized spacial score (nSPS) is 8.98. The van der Waals surface area contributed by atoms with Gasteiger partial charge in [-0.25, -0.2) is 0 Å². The molecule has 0 aliphatic rings. The quantitative estimate of drug-likeness (QED) is 0.0759. The molecule has 0 unspecified atom stereocenters. The van der Waals surface area contributed by atoms with Crippen LogP contribution >= 0.6 is 11.8 Å². The van der Waals surface area contributed by atoms with Gasteiger partial charge >= 0.3 is 5.97 Å². The van der Waals surface area contributed by atoms with Crippen molar-refractivity contribution < 1.29 is 45.0 Å². The van der Waals surface area contributed by atoms with Crippen molar-refractivity contribution >= 4 is 22.8 Å². The van der Waals surface area contributed by atoms with Gasteiger partial charge in [-0.3, -0.25) is 9.59 Å². The summed E-state index contributed by atoms with van der Waals surface area (Å²) in [5.74, 6) is 32.2. The van der Waals surface area contributed by atoms with E-state index in [0.717, 1.165) is 24.6 Å². The molecule has 0 fully saturated rings. The minimum absolute atomic E-state index is 0. The third-order valence-corrected chi connectivity index (χ3v) is 5.43. The van der Waals surface area contributed by atoms with E-state index in [-0.39, 0.29) is 40.0 Å². The second kappa shape index (κ2) is 35.3. The first kappa shape index (κ1) is 40.4. The van der Waals surface area contributed by atoms with Gasteiger partial charge in [0.25, 0.3) is 0 Å². The predicted molar refractivity (Wildman–Crippen MR) is 193 cm³/mol. The smallest absolute Gasteiger partial charge is 0.306 e. The molecule has 7 heteroatoms. The van der Waals surface area contributed by atoms with Gasteiger partial charge < -0.3 is 19.7 Å². The molecular formula is C35H64O6S. The maximum atomic E-state index is 11.6. The summed E-state index contributed by atoms with van der Waals surface area (Å²) in [5.41, 5.74) is 0. The van der Waals surface area contributed by atoms with Crippen molar-refractivity contribution in [1.29, 1.82) is 0 Å². The molecule has 246 valence electrons. The predicted octanol–water partition coefficient (Wildman–Crippen LogP) is 7.53. The summed E-state index contributed by atoms with van der Waals surface area (Å²) in [6.07, 6.45) is 13.4. The van der Waals surface area contributed by atoms with E-state index in [1.807, 2.05) is 0 Å². The van der Waals surface area contributed by atoms with E-state index >= 15 is 0 Å². The van der Waals surface area contributed by atoms with Crippen LogP contribution in [0.3, 0.4) is 0 Å². The molecule has 0 spiro atoms. The Morgan fingerprint density at radius 1 is 0.714 bits per heavy atom. The van der Waals surface area contributed by atoms with Gasteiger partial charge in [-0.2, -0.15) is 0 Å². The average Bonchev–Trinajstić information content (AvgIpc) is 2.98. The third kappa shape index (κ3) is 36.3. The molecule has 0 aliphatic heterocycles. The summed E-state index contributed by atoms with van der Waals surface area (Å²) in [4.78, 5) is 22.1. The van der Waals surface area contributed by atoms with Crippen LogP contribution in [0.5, 0.6) is 0 Å². The van der Waals surface area contributed by atoms with Crippen molar-refractivity contribution in [3.63, 3.8) is 0 Å². The highest BCUT2D eigenvalue weighted by Crippen LogP contribution is 2.12. The van der Waals surface area contributed by atoms with Gasteiger partial charge in [0.1, 0.15) is 12.9 Å². The molecule has 0 aromatic heterocycles. The molecule has 0 heterocycles. The highest BCUT2D eigenvalue weighted by atomic mass is 32.2. The van der Waals surface area contributed by atoms with Crippen LogP contribution in [0.25, 0.3) is 0 Å². The first-order valence-corrected chi connectivity index (χ1v) is 14.9. The summed E-state index contributed by atoms with van der Waals surface area (Å²) < 4.78 is 9.79. The molecule has 6 nitrogen and oxygen atoms in total. The molecule has 42 heavy (non-hydrogen) atoms. The van der Waals surface area contributed by atoms with Gasteiger partial charge in [0, 0.05) is 40.8 Å². The maximum absolute atomic E-state index is 11.6. The van der Waals surface area contributed by atoms with E-state index in [9.17, 15) is 9.59 Å². The Kier molecular flexibility index (Phi) is 34.0. The van der Waals surface area contributed by atoms with Crippen LogP contribution in [0.15, 0.2) is 0 Å². The molecule has 0 radical (unpaired) electrons. The Morgan fingerprint density at radius 3 is 1.60 bits per heavy atom. The third-order valence-electron chi connectivity index (χ3n) is 4.94. The van der Waals surface area contributed by atoms with Gasteiger partial charge in [0.05, 0.1) is 13.2 Å². The lowest BCUT2D eigenvalue weighted by atomic mass is 10.1. The van der Waals surface area contributed by atoms with E-state index < -0.39 is 12.9 Å². The second-order valence-corrected chi connectivity index (χ2v) is 9.51. The molecule has 0 saturated carbocycles. The highest BCUT2D eigenvalue weighted by Gasteiger charge is 2.13. The molecule has 0 aromatic carbocycles. The van der Waals surface area contributed by atoms with E-state index in [2.05, 4.69) is 89.1 Å².